The van der Waals surface area contributed by atoms with Gasteiger partial charge in [0.05, 0.1) is 5.92 Å². The minimum Gasteiger partial charge on any atom is -0.325 e. The zero-order valence-electron chi connectivity index (χ0n) is 15.7. The predicted molar refractivity (Wildman–Crippen MR) is 107 cm³/mol. The summed E-state index contributed by atoms with van der Waals surface area (Å²) in [4.78, 5) is 12.9. The SMILES string of the molecule is CN(C)S(=O)(=O)N1CCC[C@@H](C(=O)Nc2ccc3c4c(cccc24)CC3)C1. The van der Waals surface area contributed by atoms with Crippen LogP contribution in [0.15, 0.2) is 30.3 Å². The van der Waals surface area contributed by atoms with E-state index >= 15 is 0 Å². The molecular formula is C20H25N3O3S. The molecule has 2 aliphatic rings. The summed E-state index contributed by atoms with van der Waals surface area (Å²) < 4.78 is 27.4. The van der Waals surface area contributed by atoms with Gasteiger partial charge in [-0.15, -0.1) is 0 Å². The second-order valence-corrected chi connectivity index (χ2v) is 9.73. The molecular weight excluding hydrogens is 362 g/mol. The summed E-state index contributed by atoms with van der Waals surface area (Å²) >= 11 is 0. The molecule has 2 aromatic carbocycles. The van der Waals surface area contributed by atoms with Gasteiger partial charge in [0.1, 0.15) is 0 Å². The van der Waals surface area contributed by atoms with Crippen molar-refractivity contribution in [1.29, 1.82) is 0 Å². The number of amides is 1. The third kappa shape index (κ3) is 3.24. The minimum absolute atomic E-state index is 0.104. The molecule has 7 heteroatoms. The fraction of sp³-hybridized carbons (Fsp3) is 0.450. The number of hydrogen-bond acceptors (Lipinski definition) is 3. The van der Waals surface area contributed by atoms with Crippen LogP contribution in [-0.4, -0.2) is 50.1 Å². The number of carbonyl (C=O) groups is 1. The molecule has 1 saturated heterocycles. The largest absolute Gasteiger partial charge is 0.325 e. The maximum atomic E-state index is 12.9. The molecule has 2 aromatic rings. The summed E-state index contributed by atoms with van der Waals surface area (Å²) in [6, 6.07) is 10.3. The van der Waals surface area contributed by atoms with E-state index < -0.39 is 10.2 Å². The van der Waals surface area contributed by atoms with Gasteiger partial charge in [-0.25, -0.2) is 0 Å². The van der Waals surface area contributed by atoms with E-state index in [1.54, 1.807) is 0 Å². The lowest BCUT2D eigenvalue weighted by Crippen LogP contribution is -2.47. The maximum absolute atomic E-state index is 12.9. The van der Waals surface area contributed by atoms with Crippen LogP contribution in [0, 0.1) is 5.92 Å². The summed E-state index contributed by atoms with van der Waals surface area (Å²) in [7, 11) is -0.451. The van der Waals surface area contributed by atoms with Crippen LogP contribution in [0.4, 0.5) is 5.69 Å². The summed E-state index contributed by atoms with van der Waals surface area (Å²) in [5.74, 6) is -0.441. The normalized spacial score (nSPS) is 20.3. The Balaban J connectivity index is 1.56. The average molecular weight is 388 g/mol. The molecule has 0 spiro atoms. The van der Waals surface area contributed by atoms with Crippen molar-refractivity contribution in [1.82, 2.24) is 8.61 Å². The van der Waals surface area contributed by atoms with Crippen molar-refractivity contribution < 1.29 is 13.2 Å². The van der Waals surface area contributed by atoms with Crippen molar-refractivity contribution in [3.8, 4) is 0 Å². The molecule has 1 amide bonds. The highest BCUT2D eigenvalue weighted by Gasteiger charge is 2.33. The van der Waals surface area contributed by atoms with Crippen LogP contribution >= 0.6 is 0 Å². The van der Waals surface area contributed by atoms with Gasteiger partial charge in [-0.3, -0.25) is 4.79 Å². The van der Waals surface area contributed by atoms with Crippen molar-refractivity contribution in [3.05, 3.63) is 41.5 Å². The van der Waals surface area contributed by atoms with Gasteiger partial charge in [0, 0.05) is 38.3 Å². The van der Waals surface area contributed by atoms with Crippen LogP contribution in [0.1, 0.15) is 24.0 Å². The highest BCUT2D eigenvalue weighted by Crippen LogP contribution is 2.35. The summed E-state index contributed by atoms with van der Waals surface area (Å²) in [6.07, 6.45) is 3.48. The van der Waals surface area contributed by atoms with Crippen LogP contribution in [0.5, 0.6) is 0 Å². The number of anilines is 1. The first-order valence-corrected chi connectivity index (χ1v) is 10.8. The van der Waals surface area contributed by atoms with Gasteiger partial charge < -0.3 is 5.32 Å². The first-order valence-electron chi connectivity index (χ1n) is 9.40. The van der Waals surface area contributed by atoms with E-state index in [4.69, 9.17) is 0 Å². The van der Waals surface area contributed by atoms with Crippen LogP contribution in [0.25, 0.3) is 10.8 Å². The van der Waals surface area contributed by atoms with Crippen LogP contribution < -0.4 is 5.32 Å². The Morgan fingerprint density at radius 2 is 1.89 bits per heavy atom. The Bertz CT molecular complexity index is 991. The van der Waals surface area contributed by atoms with Crippen molar-refractivity contribution in [2.45, 2.75) is 25.7 Å². The number of piperidine rings is 1. The fourth-order valence-electron chi connectivity index (χ4n) is 4.19. The highest BCUT2D eigenvalue weighted by atomic mass is 32.2. The molecule has 1 atom stereocenters. The quantitative estimate of drug-likeness (QED) is 0.876. The first kappa shape index (κ1) is 18.4. The van der Waals surface area contributed by atoms with E-state index in [1.807, 2.05) is 18.2 Å². The molecule has 4 rings (SSSR count). The van der Waals surface area contributed by atoms with E-state index in [0.29, 0.717) is 19.4 Å². The topological polar surface area (TPSA) is 69.7 Å². The number of aryl methyl sites for hydroxylation is 2. The number of carbonyl (C=O) groups excluding carboxylic acids is 1. The molecule has 0 saturated carbocycles. The number of nitrogens with one attached hydrogen (secondary N) is 1. The first-order chi connectivity index (χ1) is 12.9. The minimum atomic E-state index is -3.49. The van der Waals surface area contributed by atoms with Gasteiger partial charge in [-0.2, -0.15) is 17.0 Å². The zero-order chi connectivity index (χ0) is 19.2. The second kappa shape index (κ2) is 6.89. The second-order valence-electron chi connectivity index (χ2n) is 7.59. The monoisotopic (exact) mass is 387 g/mol. The Morgan fingerprint density at radius 3 is 2.63 bits per heavy atom. The Labute approximate surface area is 160 Å². The van der Waals surface area contributed by atoms with E-state index in [1.165, 1.54) is 39.2 Å². The molecule has 0 radical (unpaired) electrons. The summed E-state index contributed by atoms with van der Waals surface area (Å²) in [6.45, 7) is 0.693. The molecule has 0 aromatic heterocycles. The van der Waals surface area contributed by atoms with Crippen molar-refractivity contribution in [2.24, 2.45) is 5.92 Å². The lowest BCUT2D eigenvalue weighted by Gasteiger charge is -2.32. The molecule has 1 aliphatic carbocycles. The Morgan fingerprint density at radius 1 is 1.15 bits per heavy atom. The van der Waals surface area contributed by atoms with Crippen molar-refractivity contribution in [3.63, 3.8) is 0 Å². The smallest absolute Gasteiger partial charge is 0.281 e. The van der Waals surface area contributed by atoms with E-state index in [-0.39, 0.29) is 18.4 Å². The van der Waals surface area contributed by atoms with Gasteiger partial charge in [0.15, 0.2) is 0 Å². The van der Waals surface area contributed by atoms with E-state index in [2.05, 4.69) is 17.4 Å². The van der Waals surface area contributed by atoms with E-state index in [9.17, 15) is 13.2 Å². The number of nitrogens with zero attached hydrogens (tertiary/aromatic N) is 2. The Hall–Kier alpha value is -1.96. The van der Waals surface area contributed by atoms with Crippen molar-refractivity contribution in [2.75, 3.05) is 32.5 Å². The highest BCUT2D eigenvalue weighted by molar-refractivity contribution is 7.86. The van der Waals surface area contributed by atoms with E-state index in [0.717, 1.165) is 23.9 Å². The van der Waals surface area contributed by atoms with Gasteiger partial charge >= 0.3 is 0 Å². The molecule has 1 aliphatic heterocycles. The molecule has 0 bridgehead atoms. The van der Waals surface area contributed by atoms with Crippen LogP contribution in [0.3, 0.4) is 0 Å². The molecule has 27 heavy (non-hydrogen) atoms. The predicted octanol–water partition coefficient (Wildman–Crippen LogP) is 2.40. The van der Waals surface area contributed by atoms with Crippen LogP contribution in [0.2, 0.25) is 0 Å². The van der Waals surface area contributed by atoms with Gasteiger partial charge in [-0.05, 0) is 48.3 Å². The Kier molecular flexibility index (Phi) is 4.70. The summed E-state index contributed by atoms with van der Waals surface area (Å²) in [5.41, 5.74) is 3.48. The number of hydrogen-bond donors (Lipinski definition) is 1. The molecule has 6 nitrogen and oxygen atoms in total. The molecule has 1 N–H and O–H groups in total. The van der Waals surface area contributed by atoms with Crippen LogP contribution in [-0.2, 0) is 27.8 Å². The maximum Gasteiger partial charge on any atom is 0.281 e. The lowest BCUT2D eigenvalue weighted by molar-refractivity contribution is -0.120. The number of rotatable bonds is 4. The number of benzene rings is 2. The zero-order valence-corrected chi connectivity index (χ0v) is 16.6. The van der Waals surface area contributed by atoms with Gasteiger partial charge in [-0.1, -0.05) is 24.3 Å². The van der Waals surface area contributed by atoms with Gasteiger partial charge in [0.2, 0.25) is 5.91 Å². The molecule has 144 valence electrons. The fourth-order valence-corrected chi connectivity index (χ4v) is 5.38. The third-order valence-electron chi connectivity index (χ3n) is 5.68. The van der Waals surface area contributed by atoms with Gasteiger partial charge in [0.25, 0.3) is 10.2 Å². The summed E-state index contributed by atoms with van der Waals surface area (Å²) in [5, 5.41) is 5.40. The average Bonchev–Trinajstić information content (AvgIpc) is 3.08. The third-order valence-corrected chi connectivity index (χ3v) is 7.58. The molecule has 0 unspecified atom stereocenters. The van der Waals surface area contributed by atoms with Crippen molar-refractivity contribution >= 4 is 32.6 Å². The molecule has 1 heterocycles. The molecule has 1 fully saturated rings. The lowest BCUT2D eigenvalue weighted by atomic mass is 9.98. The standard InChI is InChI=1S/C20H25N3O3S/c1-22(2)27(25,26)23-12-4-6-16(13-23)20(24)21-18-11-10-15-9-8-14-5-3-7-17(18)19(14)15/h3,5,7,10-11,16H,4,6,8-9,12-13H2,1-2H3,(H,21,24)/t16-/m1/s1.